The summed E-state index contributed by atoms with van der Waals surface area (Å²) in [7, 11) is 0. The highest BCUT2D eigenvalue weighted by Gasteiger charge is 2.19. The van der Waals surface area contributed by atoms with E-state index in [9.17, 15) is 9.90 Å². The molecule has 0 saturated heterocycles. The van der Waals surface area contributed by atoms with Crippen LogP contribution in [0.5, 0.6) is 5.75 Å². The average molecular weight is 371 g/mol. The molecule has 146 valence electrons. The molecule has 0 fully saturated rings. The topological polar surface area (TPSA) is 96.6 Å². The van der Waals surface area contributed by atoms with Crippen molar-refractivity contribution in [1.29, 1.82) is 0 Å². The number of amides is 1. The Morgan fingerprint density at radius 3 is 2.37 bits per heavy atom. The lowest BCUT2D eigenvalue weighted by Gasteiger charge is -2.28. The first-order chi connectivity index (χ1) is 12.7. The quantitative estimate of drug-likeness (QED) is 0.508. The van der Waals surface area contributed by atoms with Gasteiger partial charge >= 0.3 is 0 Å². The van der Waals surface area contributed by atoms with E-state index in [-0.39, 0.29) is 18.1 Å². The van der Waals surface area contributed by atoms with Crippen molar-refractivity contribution in [3.63, 3.8) is 0 Å². The molecule has 1 unspecified atom stereocenters. The second kappa shape index (κ2) is 9.39. The van der Waals surface area contributed by atoms with Gasteiger partial charge in [-0.25, -0.2) is 0 Å². The number of hydrogen-bond donors (Lipinski definition) is 4. The van der Waals surface area contributed by atoms with Crippen LogP contribution in [0.4, 0.5) is 11.4 Å². The highest BCUT2D eigenvalue weighted by atomic mass is 16.5. The van der Waals surface area contributed by atoms with Gasteiger partial charge in [0.05, 0.1) is 0 Å². The van der Waals surface area contributed by atoms with E-state index in [1.165, 1.54) is 12.5 Å². The SMILES string of the molecule is CC(=O)Nc1ccc(OCC(O)CNC(C)(C)Cc2ccc(N)cc2)cc1. The van der Waals surface area contributed by atoms with Gasteiger partial charge in [0, 0.05) is 30.4 Å². The number of carbonyl (C=O) groups is 1. The maximum atomic E-state index is 11.0. The number of ether oxygens (including phenoxy) is 1. The van der Waals surface area contributed by atoms with Crippen LogP contribution in [0.2, 0.25) is 0 Å². The second-order valence-corrected chi connectivity index (χ2v) is 7.35. The van der Waals surface area contributed by atoms with Gasteiger partial charge in [-0.3, -0.25) is 4.79 Å². The molecule has 0 radical (unpaired) electrons. The predicted octanol–water partition coefficient (Wildman–Crippen LogP) is 2.58. The number of hydrogen-bond acceptors (Lipinski definition) is 5. The van der Waals surface area contributed by atoms with Crippen molar-refractivity contribution in [1.82, 2.24) is 5.32 Å². The van der Waals surface area contributed by atoms with Gasteiger partial charge in [0.15, 0.2) is 0 Å². The molecule has 1 amide bonds. The van der Waals surface area contributed by atoms with Gasteiger partial charge in [-0.1, -0.05) is 12.1 Å². The van der Waals surface area contributed by atoms with Crippen molar-refractivity contribution in [3.05, 3.63) is 54.1 Å². The normalized spacial score (nSPS) is 12.4. The van der Waals surface area contributed by atoms with Crippen LogP contribution < -0.4 is 21.1 Å². The van der Waals surface area contributed by atoms with Crippen LogP contribution in [-0.2, 0) is 11.2 Å². The highest BCUT2D eigenvalue weighted by molar-refractivity contribution is 5.88. The molecule has 0 aromatic heterocycles. The van der Waals surface area contributed by atoms with Crippen LogP contribution >= 0.6 is 0 Å². The largest absolute Gasteiger partial charge is 0.491 e. The third-order valence-corrected chi connectivity index (χ3v) is 4.06. The molecule has 1 atom stereocenters. The Balaban J connectivity index is 1.75. The standard InChI is InChI=1S/C21H29N3O3/c1-15(25)24-18-8-10-20(11-9-18)27-14-19(26)13-23-21(2,3)12-16-4-6-17(22)7-5-16/h4-11,19,23,26H,12-14,22H2,1-3H3,(H,24,25). The summed E-state index contributed by atoms with van der Waals surface area (Å²) in [4.78, 5) is 11.0. The molecule has 0 saturated carbocycles. The number of β-amino-alcohol motifs (C(OH)–C–C–N with tert-alkyl or cyclic N) is 1. The van der Waals surface area contributed by atoms with E-state index in [2.05, 4.69) is 24.5 Å². The Bertz CT molecular complexity index is 727. The summed E-state index contributed by atoms with van der Waals surface area (Å²) in [5.74, 6) is 0.524. The monoisotopic (exact) mass is 371 g/mol. The smallest absolute Gasteiger partial charge is 0.221 e. The molecule has 0 heterocycles. The first kappa shape index (κ1) is 20.7. The second-order valence-electron chi connectivity index (χ2n) is 7.35. The molecule has 5 N–H and O–H groups in total. The molecule has 0 bridgehead atoms. The lowest BCUT2D eigenvalue weighted by atomic mass is 9.94. The van der Waals surface area contributed by atoms with Gasteiger partial charge < -0.3 is 26.2 Å². The van der Waals surface area contributed by atoms with Gasteiger partial charge in [0.1, 0.15) is 18.5 Å². The molecule has 0 aliphatic heterocycles. The molecule has 0 aliphatic carbocycles. The number of benzene rings is 2. The third kappa shape index (κ3) is 7.68. The van der Waals surface area contributed by atoms with Crippen molar-refractivity contribution in [3.8, 4) is 5.75 Å². The summed E-state index contributed by atoms with van der Waals surface area (Å²) in [5, 5.41) is 16.3. The van der Waals surface area contributed by atoms with E-state index in [0.29, 0.717) is 18.0 Å². The van der Waals surface area contributed by atoms with Gasteiger partial charge in [0.25, 0.3) is 0 Å². The van der Waals surface area contributed by atoms with E-state index < -0.39 is 6.10 Å². The average Bonchev–Trinajstić information content (AvgIpc) is 2.61. The van der Waals surface area contributed by atoms with Crippen LogP contribution in [0.1, 0.15) is 26.3 Å². The lowest BCUT2D eigenvalue weighted by molar-refractivity contribution is -0.114. The summed E-state index contributed by atoms with van der Waals surface area (Å²) in [5.41, 5.74) is 8.20. The highest BCUT2D eigenvalue weighted by Crippen LogP contribution is 2.17. The predicted molar refractivity (Wildman–Crippen MR) is 109 cm³/mol. The fourth-order valence-electron chi connectivity index (χ4n) is 2.69. The Hall–Kier alpha value is -2.57. The van der Waals surface area contributed by atoms with Crippen LogP contribution in [-0.4, -0.2) is 35.8 Å². The fourth-order valence-corrected chi connectivity index (χ4v) is 2.69. The number of aliphatic hydroxyl groups excluding tert-OH is 1. The van der Waals surface area contributed by atoms with E-state index in [1.54, 1.807) is 24.3 Å². The zero-order chi connectivity index (χ0) is 19.9. The zero-order valence-electron chi connectivity index (χ0n) is 16.2. The molecule has 6 nitrogen and oxygen atoms in total. The molecule has 27 heavy (non-hydrogen) atoms. The first-order valence-electron chi connectivity index (χ1n) is 9.01. The maximum Gasteiger partial charge on any atom is 0.221 e. The minimum absolute atomic E-state index is 0.119. The number of anilines is 2. The molecule has 6 heteroatoms. The number of aliphatic hydroxyl groups is 1. The summed E-state index contributed by atoms with van der Waals surface area (Å²) < 4.78 is 5.61. The summed E-state index contributed by atoms with van der Waals surface area (Å²) in [6.07, 6.45) is 0.191. The molecule has 2 aromatic carbocycles. The number of rotatable bonds is 9. The van der Waals surface area contributed by atoms with Crippen molar-refractivity contribution < 1.29 is 14.6 Å². The van der Waals surface area contributed by atoms with Crippen LogP contribution in [0.25, 0.3) is 0 Å². The van der Waals surface area contributed by atoms with Gasteiger partial charge in [-0.15, -0.1) is 0 Å². The summed E-state index contributed by atoms with van der Waals surface area (Å²) in [6, 6.07) is 14.9. The van der Waals surface area contributed by atoms with Crippen LogP contribution in [0, 0.1) is 0 Å². The maximum absolute atomic E-state index is 11.0. The fraction of sp³-hybridized carbons (Fsp3) is 0.381. The van der Waals surface area contributed by atoms with E-state index in [1.807, 2.05) is 24.3 Å². The van der Waals surface area contributed by atoms with Gasteiger partial charge in [-0.2, -0.15) is 0 Å². The van der Waals surface area contributed by atoms with E-state index in [0.717, 1.165) is 12.1 Å². The van der Waals surface area contributed by atoms with Crippen molar-refractivity contribution in [2.24, 2.45) is 0 Å². The Kier molecular flexibility index (Phi) is 7.21. The van der Waals surface area contributed by atoms with Crippen LogP contribution in [0.15, 0.2) is 48.5 Å². The molecule has 2 aromatic rings. The molecular weight excluding hydrogens is 342 g/mol. The molecular formula is C21H29N3O3. The molecule has 0 spiro atoms. The van der Waals surface area contributed by atoms with Gasteiger partial charge in [-0.05, 0) is 62.2 Å². The van der Waals surface area contributed by atoms with Crippen molar-refractivity contribution >= 4 is 17.3 Å². The number of nitrogens with one attached hydrogen (secondary N) is 2. The number of nitrogens with two attached hydrogens (primary N) is 1. The first-order valence-corrected chi connectivity index (χ1v) is 9.01. The minimum Gasteiger partial charge on any atom is -0.491 e. The Morgan fingerprint density at radius 1 is 1.15 bits per heavy atom. The summed E-state index contributed by atoms with van der Waals surface area (Å²) in [6.45, 7) is 6.26. The Morgan fingerprint density at radius 2 is 1.78 bits per heavy atom. The number of nitrogen functional groups attached to an aromatic ring is 1. The third-order valence-electron chi connectivity index (χ3n) is 4.06. The zero-order valence-corrected chi connectivity index (χ0v) is 16.2. The lowest BCUT2D eigenvalue weighted by Crippen LogP contribution is -2.46. The molecule has 2 rings (SSSR count). The number of carbonyl (C=O) groups excluding carboxylic acids is 1. The Labute approximate surface area is 160 Å². The van der Waals surface area contributed by atoms with E-state index >= 15 is 0 Å². The van der Waals surface area contributed by atoms with Crippen molar-refractivity contribution in [2.45, 2.75) is 38.8 Å². The van der Waals surface area contributed by atoms with Crippen molar-refractivity contribution in [2.75, 3.05) is 24.2 Å². The van der Waals surface area contributed by atoms with Gasteiger partial charge in [0.2, 0.25) is 5.91 Å². The van der Waals surface area contributed by atoms with Crippen LogP contribution in [0.3, 0.4) is 0 Å². The molecule has 0 aliphatic rings. The minimum atomic E-state index is -0.634. The summed E-state index contributed by atoms with van der Waals surface area (Å²) >= 11 is 0. The van der Waals surface area contributed by atoms with E-state index in [4.69, 9.17) is 10.5 Å².